The van der Waals surface area contributed by atoms with Crippen molar-refractivity contribution in [2.75, 3.05) is 13.1 Å². The van der Waals surface area contributed by atoms with Gasteiger partial charge in [0.15, 0.2) is 5.69 Å². The number of carbonyl (C=O) groups is 1. The van der Waals surface area contributed by atoms with Crippen LogP contribution in [0.2, 0.25) is 0 Å². The Bertz CT molecular complexity index is 277. The number of H-pyrrole nitrogens is 1. The second kappa shape index (κ2) is 3.53. The monoisotopic (exact) mass is 181 g/mol. The van der Waals surface area contributed by atoms with E-state index in [4.69, 9.17) is 0 Å². The number of hydrogen-bond acceptors (Lipinski definition) is 4. The number of nitrogens with one attached hydrogen (secondary N) is 3. The van der Waals surface area contributed by atoms with Crippen molar-refractivity contribution in [3.63, 3.8) is 0 Å². The van der Waals surface area contributed by atoms with Crippen LogP contribution in [0.25, 0.3) is 0 Å². The number of rotatable bonds is 2. The van der Waals surface area contributed by atoms with Gasteiger partial charge < -0.3 is 10.6 Å². The number of aromatic nitrogens is 3. The van der Waals surface area contributed by atoms with Gasteiger partial charge >= 0.3 is 0 Å². The maximum Gasteiger partial charge on any atom is 0.273 e. The predicted octanol–water partition coefficient (Wildman–Crippen LogP) is -1.10. The van der Waals surface area contributed by atoms with Gasteiger partial charge in [0.2, 0.25) is 0 Å². The summed E-state index contributed by atoms with van der Waals surface area (Å²) in [6, 6.07) is 0.226. The summed E-state index contributed by atoms with van der Waals surface area (Å²) >= 11 is 0. The zero-order valence-electron chi connectivity index (χ0n) is 7.08. The number of hydrogen-bond donors (Lipinski definition) is 3. The van der Waals surface area contributed by atoms with Gasteiger partial charge in [0.1, 0.15) is 0 Å². The van der Waals surface area contributed by atoms with Gasteiger partial charge in [-0.05, 0) is 13.0 Å². The normalized spacial score (nSPS) is 21.7. The summed E-state index contributed by atoms with van der Waals surface area (Å²) in [4.78, 5) is 11.4. The Morgan fingerprint density at radius 2 is 2.62 bits per heavy atom. The lowest BCUT2D eigenvalue weighted by atomic mass is 10.2. The first-order chi connectivity index (χ1) is 6.36. The van der Waals surface area contributed by atoms with Gasteiger partial charge in [-0.15, -0.1) is 0 Å². The van der Waals surface area contributed by atoms with Crippen LogP contribution in [0.3, 0.4) is 0 Å². The number of amides is 1. The van der Waals surface area contributed by atoms with Crippen LogP contribution >= 0.6 is 0 Å². The maximum absolute atomic E-state index is 11.4. The highest BCUT2D eigenvalue weighted by molar-refractivity contribution is 5.92. The van der Waals surface area contributed by atoms with Gasteiger partial charge in [-0.25, -0.2) is 0 Å². The third kappa shape index (κ3) is 1.83. The van der Waals surface area contributed by atoms with Crippen LogP contribution in [0.1, 0.15) is 16.9 Å². The molecule has 2 heterocycles. The summed E-state index contributed by atoms with van der Waals surface area (Å²) in [7, 11) is 0. The smallest absolute Gasteiger partial charge is 0.273 e. The fourth-order valence-electron chi connectivity index (χ4n) is 1.35. The van der Waals surface area contributed by atoms with E-state index in [1.165, 1.54) is 6.20 Å². The molecule has 70 valence electrons. The minimum absolute atomic E-state index is 0.164. The topological polar surface area (TPSA) is 82.7 Å². The molecule has 3 N–H and O–H groups in total. The van der Waals surface area contributed by atoms with Crippen molar-refractivity contribution in [2.24, 2.45) is 0 Å². The van der Waals surface area contributed by atoms with Gasteiger partial charge in [0.05, 0.1) is 6.20 Å². The van der Waals surface area contributed by atoms with E-state index in [1.54, 1.807) is 0 Å². The molecular formula is C7H11N5O. The van der Waals surface area contributed by atoms with E-state index in [2.05, 4.69) is 26.0 Å². The molecule has 0 bridgehead atoms. The largest absolute Gasteiger partial charge is 0.347 e. The first-order valence-electron chi connectivity index (χ1n) is 4.23. The average Bonchev–Trinajstić information content (AvgIpc) is 2.74. The third-order valence-electron chi connectivity index (χ3n) is 2.04. The van der Waals surface area contributed by atoms with Crippen molar-refractivity contribution in [3.8, 4) is 0 Å². The Labute approximate surface area is 75.1 Å². The van der Waals surface area contributed by atoms with Gasteiger partial charge in [-0.2, -0.15) is 15.4 Å². The van der Waals surface area contributed by atoms with Crippen LogP contribution in [-0.4, -0.2) is 40.4 Å². The van der Waals surface area contributed by atoms with Crippen LogP contribution in [0, 0.1) is 0 Å². The SMILES string of the molecule is O=C(NC1CCNC1)c1cn[nH]n1. The molecule has 0 spiro atoms. The van der Waals surface area contributed by atoms with Crippen LogP contribution in [0.15, 0.2) is 6.20 Å². The molecule has 1 fully saturated rings. The van der Waals surface area contributed by atoms with Crippen LogP contribution in [0.5, 0.6) is 0 Å². The zero-order chi connectivity index (χ0) is 9.10. The minimum atomic E-state index is -0.164. The molecular weight excluding hydrogens is 170 g/mol. The second-order valence-electron chi connectivity index (χ2n) is 3.02. The second-order valence-corrected chi connectivity index (χ2v) is 3.02. The first-order valence-corrected chi connectivity index (χ1v) is 4.23. The zero-order valence-corrected chi connectivity index (χ0v) is 7.08. The molecule has 1 aromatic heterocycles. The maximum atomic E-state index is 11.4. The summed E-state index contributed by atoms with van der Waals surface area (Å²) in [5, 5.41) is 15.7. The Balaban J connectivity index is 1.91. The van der Waals surface area contributed by atoms with Crippen LogP contribution in [0.4, 0.5) is 0 Å². The Kier molecular flexibility index (Phi) is 2.22. The molecule has 6 nitrogen and oxygen atoms in total. The summed E-state index contributed by atoms with van der Waals surface area (Å²) in [6.45, 7) is 1.80. The molecule has 1 unspecified atom stereocenters. The highest BCUT2D eigenvalue weighted by Crippen LogP contribution is 1.98. The Hall–Kier alpha value is -1.43. The molecule has 1 saturated heterocycles. The molecule has 1 aromatic rings. The van der Waals surface area contributed by atoms with E-state index in [-0.39, 0.29) is 11.9 Å². The van der Waals surface area contributed by atoms with Gasteiger partial charge in [-0.3, -0.25) is 4.79 Å². The fourth-order valence-corrected chi connectivity index (χ4v) is 1.35. The lowest BCUT2D eigenvalue weighted by molar-refractivity contribution is 0.0935. The van der Waals surface area contributed by atoms with E-state index in [9.17, 15) is 4.79 Å². The minimum Gasteiger partial charge on any atom is -0.347 e. The van der Waals surface area contributed by atoms with Gasteiger partial charge in [0, 0.05) is 12.6 Å². The number of aromatic amines is 1. The highest BCUT2D eigenvalue weighted by atomic mass is 16.2. The fraction of sp³-hybridized carbons (Fsp3) is 0.571. The summed E-state index contributed by atoms with van der Waals surface area (Å²) in [5.74, 6) is -0.164. The lowest BCUT2D eigenvalue weighted by Gasteiger charge is -2.08. The molecule has 1 aliphatic heterocycles. The molecule has 0 aliphatic carbocycles. The molecule has 2 rings (SSSR count). The van der Waals surface area contributed by atoms with Crippen molar-refractivity contribution in [1.29, 1.82) is 0 Å². The van der Waals surface area contributed by atoms with E-state index in [0.29, 0.717) is 5.69 Å². The quantitative estimate of drug-likeness (QED) is 0.540. The molecule has 0 aromatic carbocycles. The Morgan fingerprint density at radius 1 is 1.69 bits per heavy atom. The molecule has 0 radical (unpaired) electrons. The summed E-state index contributed by atoms with van der Waals surface area (Å²) < 4.78 is 0. The first kappa shape index (κ1) is 8.18. The van der Waals surface area contributed by atoms with Crippen molar-refractivity contribution in [2.45, 2.75) is 12.5 Å². The summed E-state index contributed by atoms with van der Waals surface area (Å²) in [5.41, 5.74) is 0.340. The van der Waals surface area contributed by atoms with Crippen LogP contribution in [-0.2, 0) is 0 Å². The van der Waals surface area contributed by atoms with E-state index in [0.717, 1.165) is 19.5 Å². The highest BCUT2D eigenvalue weighted by Gasteiger charge is 2.18. The standard InChI is InChI=1S/C7H11N5O/c13-7(6-4-9-12-11-6)10-5-1-2-8-3-5/h4-5,8H,1-3H2,(H,10,13)(H,9,11,12). The van der Waals surface area contributed by atoms with Crippen molar-refractivity contribution < 1.29 is 4.79 Å². The molecule has 1 atom stereocenters. The van der Waals surface area contributed by atoms with Crippen molar-refractivity contribution >= 4 is 5.91 Å². The van der Waals surface area contributed by atoms with Gasteiger partial charge in [0.25, 0.3) is 5.91 Å². The number of nitrogens with zero attached hydrogens (tertiary/aromatic N) is 2. The van der Waals surface area contributed by atoms with Crippen LogP contribution < -0.4 is 10.6 Å². The third-order valence-corrected chi connectivity index (χ3v) is 2.04. The molecule has 13 heavy (non-hydrogen) atoms. The molecule has 6 heteroatoms. The van der Waals surface area contributed by atoms with E-state index < -0.39 is 0 Å². The van der Waals surface area contributed by atoms with E-state index in [1.807, 2.05) is 0 Å². The number of carbonyl (C=O) groups excluding carboxylic acids is 1. The summed E-state index contributed by atoms with van der Waals surface area (Å²) in [6.07, 6.45) is 2.39. The van der Waals surface area contributed by atoms with E-state index >= 15 is 0 Å². The predicted molar refractivity (Wildman–Crippen MR) is 45.1 cm³/mol. The lowest BCUT2D eigenvalue weighted by Crippen LogP contribution is -2.36. The molecule has 0 saturated carbocycles. The average molecular weight is 181 g/mol. The van der Waals surface area contributed by atoms with Gasteiger partial charge in [-0.1, -0.05) is 0 Å². The van der Waals surface area contributed by atoms with Crippen molar-refractivity contribution in [1.82, 2.24) is 26.0 Å². The molecule has 1 amide bonds. The Morgan fingerprint density at radius 3 is 3.23 bits per heavy atom. The van der Waals surface area contributed by atoms with Crippen molar-refractivity contribution in [3.05, 3.63) is 11.9 Å². The molecule has 1 aliphatic rings.